The number of hydrogen-bond donors (Lipinski definition) is 1. The summed E-state index contributed by atoms with van der Waals surface area (Å²) in [4.78, 5) is 11.0. The lowest BCUT2D eigenvalue weighted by atomic mass is 10.2. The van der Waals surface area contributed by atoms with Gasteiger partial charge in [0.1, 0.15) is 5.75 Å². The Morgan fingerprint density at radius 1 is 1.43 bits per heavy atom. The van der Waals surface area contributed by atoms with Gasteiger partial charge in [0.2, 0.25) is 0 Å². The highest BCUT2D eigenvalue weighted by Crippen LogP contribution is 2.10. The van der Waals surface area contributed by atoms with Crippen molar-refractivity contribution in [2.45, 2.75) is 6.92 Å². The van der Waals surface area contributed by atoms with Gasteiger partial charge in [-0.3, -0.25) is 9.52 Å². The number of benzene rings is 1. The summed E-state index contributed by atoms with van der Waals surface area (Å²) < 4.78 is 7.83. The van der Waals surface area contributed by atoms with Crippen LogP contribution in [0.3, 0.4) is 0 Å². The third-order valence-corrected chi connectivity index (χ3v) is 2.04. The van der Waals surface area contributed by atoms with E-state index in [-0.39, 0.29) is 12.5 Å². The molecule has 0 spiro atoms. The summed E-state index contributed by atoms with van der Waals surface area (Å²) in [5, 5.41) is 0. The van der Waals surface area contributed by atoms with Gasteiger partial charge in [0.05, 0.1) is 0 Å². The standard InChI is InChI=1S/C10H13NO2S/c1-8-3-5-9(6-4-8)13-7-10(12)11-14-2/h3-6H,7H2,1-2H3,(H,11,12). The maximum absolute atomic E-state index is 11.0. The number of hydrogen-bond acceptors (Lipinski definition) is 3. The summed E-state index contributed by atoms with van der Waals surface area (Å²) in [6.07, 6.45) is 1.80. The highest BCUT2D eigenvalue weighted by molar-refractivity contribution is 7.97. The van der Waals surface area contributed by atoms with E-state index in [0.717, 1.165) is 0 Å². The molecule has 4 heteroatoms. The first-order valence-corrected chi connectivity index (χ1v) is 5.46. The Morgan fingerprint density at radius 2 is 2.07 bits per heavy atom. The molecule has 0 heterocycles. The molecule has 0 atom stereocenters. The first-order valence-electron chi connectivity index (χ1n) is 4.23. The van der Waals surface area contributed by atoms with E-state index in [1.807, 2.05) is 31.2 Å². The minimum atomic E-state index is -0.127. The number of nitrogens with one attached hydrogen (secondary N) is 1. The summed E-state index contributed by atoms with van der Waals surface area (Å²) in [6.45, 7) is 2.06. The summed E-state index contributed by atoms with van der Waals surface area (Å²) in [5.41, 5.74) is 1.17. The number of carbonyl (C=O) groups is 1. The molecule has 0 bridgehead atoms. The maximum atomic E-state index is 11.0. The van der Waals surface area contributed by atoms with E-state index in [9.17, 15) is 4.79 Å². The van der Waals surface area contributed by atoms with Gasteiger partial charge in [0, 0.05) is 6.26 Å². The average Bonchev–Trinajstić information content (AvgIpc) is 2.17. The van der Waals surface area contributed by atoms with Gasteiger partial charge in [0.15, 0.2) is 6.61 Å². The molecule has 0 saturated carbocycles. The highest BCUT2D eigenvalue weighted by atomic mass is 32.2. The number of amides is 1. The Bertz CT molecular complexity index is 297. The fourth-order valence-electron chi connectivity index (χ4n) is 0.927. The Hall–Kier alpha value is -1.16. The highest BCUT2D eigenvalue weighted by Gasteiger charge is 2.00. The van der Waals surface area contributed by atoms with E-state index in [0.29, 0.717) is 5.75 Å². The van der Waals surface area contributed by atoms with Gasteiger partial charge in [-0.15, -0.1) is 0 Å². The normalized spacial score (nSPS) is 9.57. The van der Waals surface area contributed by atoms with Gasteiger partial charge in [0.25, 0.3) is 5.91 Å². The molecule has 0 aliphatic carbocycles. The molecule has 0 aliphatic heterocycles. The van der Waals surface area contributed by atoms with Gasteiger partial charge < -0.3 is 4.74 Å². The van der Waals surface area contributed by atoms with Crippen LogP contribution < -0.4 is 9.46 Å². The predicted octanol–water partition coefficient (Wildman–Crippen LogP) is 1.77. The number of aryl methyl sites for hydroxylation is 1. The molecule has 3 nitrogen and oxygen atoms in total. The quantitative estimate of drug-likeness (QED) is 0.771. The molecule has 0 unspecified atom stereocenters. The number of carbonyl (C=O) groups excluding carboxylic acids is 1. The minimum Gasteiger partial charge on any atom is -0.484 e. The smallest absolute Gasteiger partial charge is 0.267 e. The molecule has 0 radical (unpaired) electrons. The second kappa shape index (κ2) is 5.54. The Balaban J connectivity index is 2.38. The largest absolute Gasteiger partial charge is 0.484 e. The lowest BCUT2D eigenvalue weighted by Gasteiger charge is -2.05. The fraction of sp³-hybridized carbons (Fsp3) is 0.300. The zero-order chi connectivity index (χ0) is 10.4. The van der Waals surface area contributed by atoms with Crippen LogP contribution >= 0.6 is 11.9 Å². The van der Waals surface area contributed by atoms with Crippen molar-refractivity contribution in [2.24, 2.45) is 0 Å². The molecule has 0 aliphatic rings. The van der Waals surface area contributed by atoms with Crippen molar-refractivity contribution in [3.05, 3.63) is 29.8 Å². The average molecular weight is 211 g/mol. The third-order valence-electron chi connectivity index (χ3n) is 1.61. The van der Waals surface area contributed by atoms with E-state index in [2.05, 4.69) is 4.72 Å². The van der Waals surface area contributed by atoms with Crippen molar-refractivity contribution in [3.8, 4) is 5.75 Å². The molecular formula is C10H13NO2S. The minimum absolute atomic E-state index is 0.0594. The van der Waals surface area contributed by atoms with Crippen LogP contribution in [0.25, 0.3) is 0 Å². The lowest BCUT2D eigenvalue weighted by Crippen LogP contribution is -2.22. The molecule has 1 rings (SSSR count). The molecule has 0 aromatic heterocycles. The van der Waals surface area contributed by atoms with E-state index in [1.54, 1.807) is 6.26 Å². The van der Waals surface area contributed by atoms with Crippen LogP contribution in [0, 0.1) is 6.92 Å². The van der Waals surface area contributed by atoms with Crippen LogP contribution in [0.4, 0.5) is 0 Å². The topological polar surface area (TPSA) is 38.3 Å². The van der Waals surface area contributed by atoms with Crippen molar-refractivity contribution in [2.75, 3.05) is 12.9 Å². The molecule has 1 N–H and O–H groups in total. The van der Waals surface area contributed by atoms with Gasteiger partial charge in [-0.2, -0.15) is 0 Å². The summed E-state index contributed by atoms with van der Waals surface area (Å²) in [7, 11) is 0. The third kappa shape index (κ3) is 3.70. The first-order chi connectivity index (χ1) is 6.72. The molecule has 0 saturated heterocycles. The van der Waals surface area contributed by atoms with Crippen LogP contribution in [0.15, 0.2) is 24.3 Å². The summed E-state index contributed by atoms with van der Waals surface area (Å²) in [6, 6.07) is 7.59. The maximum Gasteiger partial charge on any atom is 0.267 e. The molecule has 0 fully saturated rings. The zero-order valence-electron chi connectivity index (χ0n) is 8.24. The van der Waals surface area contributed by atoms with E-state index in [1.165, 1.54) is 17.5 Å². The van der Waals surface area contributed by atoms with E-state index < -0.39 is 0 Å². The Kier molecular flexibility index (Phi) is 4.32. The summed E-state index contributed by atoms with van der Waals surface area (Å²) >= 11 is 1.27. The second-order valence-electron chi connectivity index (χ2n) is 2.83. The summed E-state index contributed by atoms with van der Waals surface area (Å²) in [5.74, 6) is 0.588. The van der Waals surface area contributed by atoms with E-state index >= 15 is 0 Å². The molecule has 76 valence electrons. The lowest BCUT2D eigenvalue weighted by molar-refractivity contribution is -0.121. The van der Waals surface area contributed by atoms with Gasteiger partial charge in [-0.05, 0) is 19.1 Å². The van der Waals surface area contributed by atoms with Crippen molar-refractivity contribution in [1.29, 1.82) is 0 Å². The van der Waals surface area contributed by atoms with Crippen molar-refractivity contribution >= 4 is 17.9 Å². The van der Waals surface area contributed by atoms with Crippen molar-refractivity contribution in [1.82, 2.24) is 4.72 Å². The molecule has 1 aromatic carbocycles. The van der Waals surface area contributed by atoms with Gasteiger partial charge in [-0.25, -0.2) is 0 Å². The Labute approximate surface area is 88.0 Å². The van der Waals surface area contributed by atoms with Crippen LogP contribution in [0.1, 0.15) is 5.56 Å². The second-order valence-corrected chi connectivity index (χ2v) is 3.44. The number of rotatable bonds is 4. The van der Waals surface area contributed by atoms with Crippen molar-refractivity contribution in [3.63, 3.8) is 0 Å². The van der Waals surface area contributed by atoms with Crippen LogP contribution in [0.5, 0.6) is 5.75 Å². The van der Waals surface area contributed by atoms with E-state index in [4.69, 9.17) is 4.74 Å². The molecule has 1 aromatic rings. The molecule has 14 heavy (non-hydrogen) atoms. The van der Waals surface area contributed by atoms with Gasteiger partial charge >= 0.3 is 0 Å². The van der Waals surface area contributed by atoms with Crippen LogP contribution in [-0.4, -0.2) is 18.8 Å². The molecule has 1 amide bonds. The van der Waals surface area contributed by atoms with Crippen LogP contribution in [-0.2, 0) is 4.79 Å². The monoisotopic (exact) mass is 211 g/mol. The van der Waals surface area contributed by atoms with Crippen molar-refractivity contribution < 1.29 is 9.53 Å². The SMILES string of the molecule is CSNC(=O)COc1ccc(C)cc1. The van der Waals surface area contributed by atoms with Crippen LogP contribution in [0.2, 0.25) is 0 Å². The zero-order valence-corrected chi connectivity index (χ0v) is 9.06. The first kappa shape index (κ1) is 10.9. The fourth-order valence-corrected chi connectivity index (χ4v) is 1.21. The molecular weight excluding hydrogens is 198 g/mol. The van der Waals surface area contributed by atoms with Gasteiger partial charge in [-0.1, -0.05) is 29.6 Å². The number of ether oxygens (including phenoxy) is 1. The Morgan fingerprint density at radius 3 is 2.64 bits per heavy atom. The predicted molar refractivity (Wildman–Crippen MR) is 58.3 cm³/mol.